The number of hydrogen-bond donors (Lipinski definition) is 2. The van der Waals surface area contributed by atoms with Crippen molar-refractivity contribution < 1.29 is 9.84 Å². The Labute approximate surface area is 120 Å². The first-order valence-corrected chi connectivity index (χ1v) is 7.29. The van der Waals surface area contributed by atoms with E-state index in [9.17, 15) is 5.11 Å². The van der Waals surface area contributed by atoms with Gasteiger partial charge >= 0.3 is 0 Å². The van der Waals surface area contributed by atoms with Crippen LogP contribution in [0.4, 0.5) is 0 Å². The number of nitriles is 1. The third kappa shape index (κ3) is 4.84. The standard InChI is InChI=1S/C16H22N2O2/c17-10-14-4-6-16(7-5-14)20-12-15(19)11-18-9-8-13-2-1-3-13/h4-7,13,15,18-19H,1-3,8-9,11-12H2. The van der Waals surface area contributed by atoms with E-state index < -0.39 is 6.10 Å². The van der Waals surface area contributed by atoms with E-state index in [2.05, 4.69) is 11.4 Å². The Morgan fingerprint density at radius 3 is 2.70 bits per heavy atom. The van der Waals surface area contributed by atoms with E-state index in [1.807, 2.05) is 0 Å². The molecule has 1 saturated carbocycles. The molecule has 4 nitrogen and oxygen atoms in total. The lowest BCUT2D eigenvalue weighted by molar-refractivity contribution is 0.105. The van der Waals surface area contributed by atoms with Crippen molar-refractivity contribution in [1.29, 1.82) is 5.26 Å². The fourth-order valence-corrected chi connectivity index (χ4v) is 2.23. The summed E-state index contributed by atoms with van der Waals surface area (Å²) in [5, 5.41) is 21.8. The Balaban J connectivity index is 1.56. The summed E-state index contributed by atoms with van der Waals surface area (Å²) in [6.45, 7) is 1.80. The molecule has 0 heterocycles. The molecule has 0 saturated heterocycles. The quantitative estimate of drug-likeness (QED) is 0.712. The molecular formula is C16H22N2O2. The molecule has 1 aromatic rings. The van der Waals surface area contributed by atoms with Gasteiger partial charge < -0.3 is 15.2 Å². The zero-order valence-corrected chi connectivity index (χ0v) is 11.7. The first-order chi connectivity index (χ1) is 9.78. The summed E-state index contributed by atoms with van der Waals surface area (Å²) in [7, 11) is 0. The van der Waals surface area contributed by atoms with E-state index >= 15 is 0 Å². The van der Waals surface area contributed by atoms with Crippen LogP contribution < -0.4 is 10.1 Å². The summed E-state index contributed by atoms with van der Waals surface area (Å²) in [6, 6.07) is 8.96. The summed E-state index contributed by atoms with van der Waals surface area (Å²) in [5.74, 6) is 1.58. The maximum atomic E-state index is 9.81. The number of aliphatic hydroxyl groups excluding tert-OH is 1. The van der Waals surface area contributed by atoms with Crippen molar-refractivity contribution in [2.24, 2.45) is 5.92 Å². The van der Waals surface area contributed by atoms with Crippen LogP contribution in [-0.4, -0.2) is 30.9 Å². The molecule has 0 aromatic heterocycles. The van der Waals surface area contributed by atoms with Crippen LogP contribution in [0, 0.1) is 17.2 Å². The van der Waals surface area contributed by atoms with Crippen molar-refractivity contribution in [2.45, 2.75) is 31.8 Å². The van der Waals surface area contributed by atoms with Gasteiger partial charge in [0, 0.05) is 6.54 Å². The van der Waals surface area contributed by atoms with Crippen molar-refractivity contribution in [2.75, 3.05) is 19.7 Å². The number of aliphatic hydroxyl groups is 1. The van der Waals surface area contributed by atoms with Gasteiger partial charge in [-0.05, 0) is 43.1 Å². The fraction of sp³-hybridized carbons (Fsp3) is 0.562. The third-order valence-corrected chi connectivity index (χ3v) is 3.76. The summed E-state index contributed by atoms with van der Waals surface area (Å²) >= 11 is 0. The number of benzene rings is 1. The van der Waals surface area contributed by atoms with Crippen LogP contribution >= 0.6 is 0 Å². The van der Waals surface area contributed by atoms with Crippen molar-refractivity contribution >= 4 is 0 Å². The summed E-state index contributed by atoms with van der Waals surface area (Å²) in [5.41, 5.74) is 0.607. The van der Waals surface area contributed by atoms with Crippen molar-refractivity contribution in [3.8, 4) is 11.8 Å². The van der Waals surface area contributed by atoms with Crippen LogP contribution in [0.5, 0.6) is 5.75 Å². The van der Waals surface area contributed by atoms with Gasteiger partial charge in [-0.1, -0.05) is 19.3 Å². The number of ether oxygens (including phenoxy) is 1. The van der Waals surface area contributed by atoms with Crippen LogP contribution in [0.25, 0.3) is 0 Å². The maximum absolute atomic E-state index is 9.81. The highest BCUT2D eigenvalue weighted by atomic mass is 16.5. The minimum absolute atomic E-state index is 0.266. The van der Waals surface area contributed by atoms with E-state index in [1.54, 1.807) is 24.3 Å². The van der Waals surface area contributed by atoms with Gasteiger partial charge in [-0.3, -0.25) is 0 Å². The molecular weight excluding hydrogens is 252 g/mol. The van der Waals surface area contributed by atoms with Gasteiger partial charge in [0.1, 0.15) is 18.5 Å². The van der Waals surface area contributed by atoms with E-state index in [-0.39, 0.29) is 6.61 Å². The molecule has 1 aromatic carbocycles. The van der Waals surface area contributed by atoms with Crippen molar-refractivity contribution in [3.05, 3.63) is 29.8 Å². The zero-order chi connectivity index (χ0) is 14.2. The van der Waals surface area contributed by atoms with E-state index in [0.717, 1.165) is 12.5 Å². The number of rotatable bonds is 8. The lowest BCUT2D eigenvalue weighted by Gasteiger charge is -2.25. The Morgan fingerprint density at radius 2 is 2.10 bits per heavy atom. The van der Waals surface area contributed by atoms with Crippen molar-refractivity contribution in [3.63, 3.8) is 0 Å². The average molecular weight is 274 g/mol. The molecule has 0 radical (unpaired) electrons. The highest BCUT2D eigenvalue weighted by molar-refractivity contribution is 5.34. The van der Waals surface area contributed by atoms with Gasteiger partial charge in [-0.2, -0.15) is 5.26 Å². The first kappa shape index (κ1) is 14.8. The molecule has 1 aliphatic rings. The SMILES string of the molecule is N#Cc1ccc(OCC(O)CNCCC2CCC2)cc1. The highest BCUT2D eigenvalue weighted by Crippen LogP contribution is 2.28. The largest absolute Gasteiger partial charge is 0.491 e. The van der Waals surface area contributed by atoms with E-state index in [1.165, 1.54) is 25.7 Å². The Hall–Kier alpha value is -1.57. The molecule has 0 aliphatic heterocycles. The monoisotopic (exact) mass is 274 g/mol. The maximum Gasteiger partial charge on any atom is 0.119 e. The smallest absolute Gasteiger partial charge is 0.119 e. The molecule has 2 rings (SSSR count). The second kappa shape index (κ2) is 7.88. The Bertz CT molecular complexity index is 435. The molecule has 0 amide bonds. The van der Waals surface area contributed by atoms with Crippen LogP contribution in [0.3, 0.4) is 0 Å². The summed E-state index contributed by atoms with van der Waals surface area (Å²) in [6.07, 6.45) is 4.82. The number of nitrogens with zero attached hydrogens (tertiary/aromatic N) is 1. The second-order valence-electron chi connectivity index (χ2n) is 5.39. The average Bonchev–Trinajstić information content (AvgIpc) is 2.43. The molecule has 1 aliphatic carbocycles. The van der Waals surface area contributed by atoms with Crippen LogP contribution in [-0.2, 0) is 0 Å². The molecule has 4 heteroatoms. The lowest BCUT2D eigenvalue weighted by atomic mass is 9.83. The van der Waals surface area contributed by atoms with Gasteiger partial charge in [0.15, 0.2) is 0 Å². The lowest BCUT2D eigenvalue weighted by Crippen LogP contribution is -2.33. The summed E-state index contributed by atoms with van der Waals surface area (Å²) < 4.78 is 5.48. The fourth-order valence-electron chi connectivity index (χ4n) is 2.23. The van der Waals surface area contributed by atoms with E-state index in [4.69, 9.17) is 10.00 Å². The number of nitrogens with one attached hydrogen (secondary N) is 1. The van der Waals surface area contributed by atoms with Gasteiger partial charge in [-0.15, -0.1) is 0 Å². The molecule has 0 bridgehead atoms. The second-order valence-corrected chi connectivity index (χ2v) is 5.39. The van der Waals surface area contributed by atoms with Gasteiger partial charge in [-0.25, -0.2) is 0 Å². The van der Waals surface area contributed by atoms with Gasteiger partial charge in [0.2, 0.25) is 0 Å². The first-order valence-electron chi connectivity index (χ1n) is 7.29. The number of hydrogen-bond acceptors (Lipinski definition) is 4. The Kier molecular flexibility index (Phi) is 5.85. The molecule has 1 unspecified atom stereocenters. The zero-order valence-electron chi connectivity index (χ0n) is 11.7. The van der Waals surface area contributed by atoms with Gasteiger partial charge in [0.25, 0.3) is 0 Å². The Morgan fingerprint density at radius 1 is 1.35 bits per heavy atom. The topological polar surface area (TPSA) is 65.3 Å². The molecule has 0 spiro atoms. The molecule has 108 valence electrons. The minimum Gasteiger partial charge on any atom is -0.491 e. The molecule has 2 N–H and O–H groups in total. The highest BCUT2D eigenvalue weighted by Gasteiger charge is 2.16. The predicted octanol–water partition coefficient (Wildman–Crippen LogP) is 2.08. The van der Waals surface area contributed by atoms with Crippen LogP contribution in [0.1, 0.15) is 31.2 Å². The molecule has 1 fully saturated rings. The normalized spacial score (nSPS) is 16.2. The van der Waals surface area contributed by atoms with Gasteiger partial charge in [0.05, 0.1) is 11.6 Å². The van der Waals surface area contributed by atoms with Crippen molar-refractivity contribution in [1.82, 2.24) is 5.32 Å². The molecule has 20 heavy (non-hydrogen) atoms. The van der Waals surface area contributed by atoms with Crippen LogP contribution in [0.15, 0.2) is 24.3 Å². The minimum atomic E-state index is -0.507. The van der Waals surface area contributed by atoms with E-state index in [0.29, 0.717) is 17.9 Å². The molecule has 1 atom stereocenters. The predicted molar refractivity (Wildman–Crippen MR) is 77.5 cm³/mol. The van der Waals surface area contributed by atoms with Crippen LogP contribution in [0.2, 0.25) is 0 Å². The summed E-state index contributed by atoms with van der Waals surface area (Å²) in [4.78, 5) is 0. The third-order valence-electron chi connectivity index (χ3n) is 3.76.